The van der Waals surface area contributed by atoms with Gasteiger partial charge in [-0.1, -0.05) is 54.6 Å². The minimum atomic E-state index is -3.42. The van der Waals surface area contributed by atoms with E-state index in [2.05, 4.69) is 0 Å². The summed E-state index contributed by atoms with van der Waals surface area (Å²) in [4.78, 5) is 24.1. The molecular formula is C21H25F2NO4. The van der Waals surface area contributed by atoms with Crippen molar-refractivity contribution >= 4 is 11.9 Å². The van der Waals surface area contributed by atoms with Crippen molar-refractivity contribution in [3.8, 4) is 0 Å². The van der Waals surface area contributed by atoms with Gasteiger partial charge in [-0.15, -0.1) is 0 Å². The maximum atomic E-state index is 14.3. The van der Waals surface area contributed by atoms with Crippen molar-refractivity contribution in [2.45, 2.75) is 50.2 Å². The quantitative estimate of drug-likeness (QED) is 0.471. The number of unbranched alkanes of at least 4 members (excludes halogenated alkanes) is 1. The normalized spacial score (nSPS) is 19.0. The predicted octanol–water partition coefficient (Wildman–Crippen LogP) is 3.50. The Bertz CT molecular complexity index is 718. The lowest BCUT2D eigenvalue weighted by Gasteiger charge is -2.23. The van der Waals surface area contributed by atoms with E-state index >= 15 is 0 Å². The van der Waals surface area contributed by atoms with Crippen LogP contribution in [0.1, 0.15) is 37.7 Å². The van der Waals surface area contributed by atoms with Gasteiger partial charge in [-0.3, -0.25) is 9.59 Å². The number of rotatable bonds is 10. The Hall–Kier alpha value is -2.54. The van der Waals surface area contributed by atoms with E-state index in [1.165, 1.54) is 30.3 Å². The Morgan fingerprint density at radius 2 is 2.00 bits per heavy atom. The van der Waals surface area contributed by atoms with E-state index in [-0.39, 0.29) is 23.9 Å². The SMILES string of the molecule is O=C(O)CCC/C=C/CN1C(=O)CC[C@@H]1/C=C/C(O)C(F)(F)c1ccccc1. The van der Waals surface area contributed by atoms with Gasteiger partial charge in [-0.25, -0.2) is 0 Å². The summed E-state index contributed by atoms with van der Waals surface area (Å²) in [5, 5.41) is 18.5. The monoisotopic (exact) mass is 393 g/mol. The van der Waals surface area contributed by atoms with Gasteiger partial charge in [0.2, 0.25) is 5.91 Å². The predicted molar refractivity (Wildman–Crippen MR) is 101 cm³/mol. The van der Waals surface area contributed by atoms with Gasteiger partial charge < -0.3 is 15.1 Å². The number of carbonyl (C=O) groups excluding carboxylic acids is 1. The number of aliphatic hydroxyl groups excluding tert-OH is 1. The summed E-state index contributed by atoms with van der Waals surface area (Å²) in [6.07, 6.45) is 6.16. The van der Waals surface area contributed by atoms with Crippen LogP contribution < -0.4 is 0 Å². The molecule has 2 rings (SSSR count). The Morgan fingerprint density at radius 3 is 2.68 bits per heavy atom. The summed E-state index contributed by atoms with van der Waals surface area (Å²) >= 11 is 0. The minimum Gasteiger partial charge on any atom is -0.481 e. The average molecular weight is 393 g/mol. The number of likely N-dealkylation sites (tertiary alicyclic amines) is 1. The number of carbonyl (C=O) groups is 2. The van der Waals surface area contributed by atoms with Crippen LogP contribution in [0.3, 0.4) is 0 Å². The molecule has 2 atom stereocenters. The Morgan fingerprint density at radius 1 is 1.29 bits per heavy atom. The van der Waals surface area contributed by atoms with Crippen LogP contribution in [0.15, 0.2) is 54.6 Å². The van der Waals surface area contributed by atoms with Crippen LogP contribution in [0.2, 0.25) is 0 Å². The van der Waals surface area contributed by atoms with Crippen LogP contribution >= 0.6 is 0 Å². The fourth-order valence-corrected chi connectivity index (χ4v) is 3.06. The number of amides is 1. The van der Waals surface area contributed by atoms with E-state index in [0.29, 0.717) is 32.2 Å². The van der Waals surface area contributed by atoms with Crippen molar-refractivity contribution in [1.29, 1.82) is 0 Å². The number of carboxylic acid groups (broad SMARTS) is 1. The highest BCUT2D eigenvalue weighted by atomic mass is 19.3. The van der Waals surface area contributed by atoms with E-state index in [9.17, 15) is 23.5 Å². The fraction of sp³-hybridized carbons (Fsp3) is 0.429. The molecule has 1 fully saturated rings. The van der Waals surface area contributed by atoms with Crippen molar-refractivity contribution in [2.24, 2.45) is 0 Å². The number of hydrogen-bond donors (Lipinski definition) is 2. The van der Waals surface area contributed by atoms with Crippen LogP contribution in [0.25, 0.3) is 0 Å². The second kappa shape index (κ2) is 10.1. The van der Waals surface area contributed by atoms with Crippen LogP contribution in [0.4, 0.5) is 8.78 Å². The zero-order chi connectivity index (χ0) is 20.6. The molecule has 1 amide bonds. The molecule has 0 spiro atoms. The molecule has 28 heavy (non-hydrogen) atoms. The molecule has 0 bridgehead atoms. The van der Waals surface area contributed by atoms with Gasteiger partial charge in [0.05, 0.1) is 6.04 Å². The van der Waals surface area contributed by atoms with Gasteiger partial charge >= 0.3 is 11.9 Å². The number of halogens is 2. The van der Waals surface area contributed by atoms with Crippen molar-refractivity contribution in [3.05, 3.63) is 60.2 Å². The van der Waals surface area contributed by atoms with Crippen molar-refractivity contribution in [3.63, 3.8) is 0 Å². The lowest BCUT2D eigenvalue weighted by atomic mass is 10.0. The lowest BCUT2D eigenvalue weighted by molar-refractivity contribution is -0.137. The third kappa shape index (κ3) is 5.99. The first-order valence-corrected chi connectivity index (χ1v) is 9.28. The molecule has 1 aromatic carbocycles. The highest BCUT2D eigenvalue weighted by Gasteiger charge is 2.39. The van der Waals surface area contributed by atoms with E-state index in [4.69, 9.17) is 5.11 Å². The fourth-order valence-electron chi connectivity index (χ4n) is 3.06. The topological polar surface area (TPSA) is 77.8 Å². The Balaban J connectivity index is 1.93. The van der Waals surface area contributed by atoms with Gasteiger partial charge in [0, 0.05) is 24.9 Å². The number of benzene rings is 1. The molecule has 0 aromatic heterocycles. The molecular weight excluding hydrogens is 368 g/mol. The Labute approximate surface area is 163 Å². The summed E-state index contributed by atoms with van der Waals surface area (Å²) in [5.74, 6) is -4.34. The molecule has 1 aliphatic rings. The van der Waals surface area contributed by atoms with Crippen LogP contribution in [-0.2, 0) is 15.5 Å². The number of aliphatic carboxylic acids is 1. The van der Waals surface area contributed by atoms with Gasteiger partial charge in [0.1, 0.15) is 6.10 Å². The molecule has 1 heterocycles. The molecule has 2 N–H and O–H groups in total. The van der Waals surface area contributed by atoms with Gasteiger partial charge in [0.25, 0.3) is 0 Å². The summed E-state index contributed by atoms with van der Waals surface area (Å²) in [6.45, 7) is 0.325. The molecule has 1 aromatic rings. The minimum absolute atomic E-state index is 0.0749. The molecule has 0 aliphatic carbocycles. The molecule has 1 aliphatic heterocycles. The van der Waals surface area contributed by atoms with Gasteiger partial charge in [-0.05, 0) is 19.3 Å². The van der Waals surface area contributed by atoms with Crippen molar-refractivity contribution < 1.29 is 28.6 Å². The molecule has 0 saturated carbocycles. The van der Waals surface area contributed by atoms with Crippen LogP contribution in [-0.4, -0.2) is 45.7 Å². The maximum Gasteiger partial charge on any atom is 0.303 e. The van der Waals surface area contributed by atoms with Crippen LogP contribution in [0.5, 0.6) is 0 Å². The number of nitrogens with zero attached hydrogens (tertiary/aromatic N) is 1. The van der Waals surface area contributed by atoms with Crippen LogP contribution in [0, 0.1) is 0 Å². The third-order valence-corrected chi connectivity index (χ3v) is 4.65. The number of alkyl halides is 2. The van der Waals surface area contributed by atoms with Crippen molar-refractivity contribution in [2.75, 3.05) is 6.54 Å². The summed E-state index contributed by atoms with van der Waals surface area (Å²) in [7, 11) is 0. The largest absolute Gasteiger partial charge is 0.481 e. The number of aliphatic hydroxyl groups is 1. The van der Waals surface area contributed by atoms with Crippen molar-refractivity contribution in [1.82, 2.24) is 4.90 Å². The molecule has 152 valence electrons. The second-order valence-electron chi connectivity index (χ2n) is 6.73. The summed E-state index contributed by atoms with van der Waals surface area (Å²) < 4.78 is 28.7. The van der Waals surface area contributed by atoms with E-state index in [1.807, 2.05) is 6.08 Å². The van der Waals surface area contributed by atoms with Gasteiger partial charge in [-0.2, -0.15) is 8.78 Å². The van der Waals surface area contributed by atoms with E-state index < -0.39 is 18.0 Å². The number of allylic oxidation sites excluding steroid dienone is 1. The number of hydrogen-bond acceptors (Lipinski definition) is 3. The molecule has 0 radical (unpaired) electrons. The van der Waals surface area contributed by atoms with E-state index in [1.54, 1.807) is 17.0 Å². The maximum absolute atomic E-state index is 14.3. The molecule has 5 nitrogen and oxygen atoms in total. The first kappa shape index (κ1) is 21.8. The second-order valence-corrected chi connectivity index (χ2v) is 6.73. The highest BCUT2D eigenvalue weighted by molar-refractivity contribution is 5.79. The number of carboxylic acids is 1. The van der Waals surface area contributed by atoms with Gasteiger partial charge in [0.15, 0.2) is 0 Å². The molecule has 1 saturated heterocycles. The zero-order valence-electron chi connectivity index (χ0n) is 15.5. The van der Waals surface area contributed by atoms with E-state index in [0.717, 1.165) is 6.08 Å². The third-order valence-electron chi connectivity index (χ3n) is 4.65. The summed E-state index contributed by atoms with van der Waals surface area (Å²) in [5.41, 5.74) is -0.268. The smallest absolute Gasteiger partial charge is 0.303 e. The average Bonchev–Trinajstić information content (AvgIpc) is 3.02. The Kier molecular flexibility index (Phi) is 7.87. The summed E-state index contributed by atoms with van der Waals surface area (Å²) in [6, 6.07) is 6.77. The zero-order valence-corrected chi connectivity index (χ0v) is 15.5. The molecule has 1 unspecified atom stereocenters. The highest BCUT2D eigenvalue weighted by Crippen LogP contribution is 2.32. The molecule has 7 heteroatoms. The first-order valence-electron chi connectivity index (χ1n) is 9.28. The lowest BCUT2D eigenvalue weighted by Crippen LogP contribution is -2.33. The first-order chi connectivity index (χ1) is 13.3. The standard InChI is InChI=1S/C21H25F2NO4/c22-21(23,16-8-4-3-5-9-16)18(25)13-11-17-12-14-19(26)24(17)15-7-2-1-6-10-20(27)28/h2-5,7-9,11,13,17-18,25H,1,6,10,12,14-15H2,(H,27,28)/b7-2+,13-11+/t17-,18?/m0/s1.